The molecule has 1 unspecified atom stereocenters. The van der Waals surface area contributed by atoms with E-state index in [0.29, 0.717) is 30.0 Å². The second kappa shape index (κ2) is 8.79. The number of piperazine rings is 1. The summed E-state index contributed by atoms with van der Waals surface area (Å²) in [4.78, 5) is 14.7. The van der Waals surface area contributed by atoms with Gasteiger partial charge < -0.3 is 19.7 Å². The van der Waals surface area contributed by atoms with Gasteiger partial charge in [-0.15, -0.1) is 19.0 Å². The van der Waals surface area contributed by atoms with Crippen molar-refractivity contribution in [2.45, 2.75) is 19.4 Å². The summed E-state index contributed by atoms with van der Waals surface area (Å²) in [6.45, 7) is 8.17. The number of hydrogen-bond acceptors (Lipinski definition) is 4. The molecule has 1 aromatic carbocycles. The minimum atomic E-state index is 0. The molecule has 6 heteroatoms. The lowest BCUT2D eigenvalue weighted by atomic mass is 10.0. The first-order valence-corrected chi connectivity index (χ1v) is 7.49. The number of amides is 1. The van der Waals surface area contributed by atoms with Gasteiger partial charge in [-0.1, -0.05) is 6.08 Å². The van der Waals surface area contributed by atoms with Crippen LogP contribution in [0.1, 0.15) is 22.8 Å². The first kappa shape index (κ1) is 19.3. The fourth-order valence-corrected chi connectivity index (χ4v) is 2.78. The summed E-state index contributed by atoms with van der Waals surface area (Å²) in [5.74, 6) is 1.26. The fraction of sp³-hybridized carbons (Fsp3) is 0.471. The van der Waals surface area contributed by atoms with Gasteiger partial charge in [0.05, 0.1) is 14.2 Å². The van der Waals surface area contributed by atoms with Gasteiger partial charge in [0.15, 0.2) is 11.5 Å². The highest BCUT2D eigenvalue weighted by Crippen LogP contribution is 2.33. The minimum absolute atomic E-state index is 0. The summed E-state index contributed by atoms with van der Waals surface area (Å²) in [5.41, 5.74) is 1.53. The number of halogens is 1. The van der Waals surface area contributed by atoms with Gasteiger partial charge in [-0.05, 0) is 25.5 Å². The van der Waals surface area contributed by atoms with Crippen LogP contribution >= 0.6 is 12.4 Å². The van der Waals surface area contributed by atoms with Crippen molar-refractivity contribution in [2.24, 2.45) is 0 Å². The Morgan fingerprint density at radius 3 is 2.74 bits per heavy atom. The van der Waals surface area contributed by atoms with Crippen molar-refractivity contribution in [3.63, 3.8) is 0 Å². The van der Waals surface area contributed by atoms with E-state index in [1.165, 1.54) is 0 Å². The van der Waals surface area contributed by atoms with Gasteiger partial charge in [-0.3, -0.25) is 4.79 Å². The predicted octanol–water partition coefficient (Wildman–Crippen LogP) is 2.29. The molecule has 1 atom stereocenters. The first-order valence-electron chi connectivity index (χ1n) is 7.49. The highest BCUT2D eigenvalue weighted by atomic mass is 35.5. The van der Waals surface area contributed by atoms with E-state index in [1.807, 2.05) is 11.0 Å². The number of benzene rings is 1. The second-order valence-electron chi connectivity index (χ2n) is 5.42. The summed E-state index contributed by atoms with van der Waals surface area (Å²) in [5, 5.41) is 3.29. The Kier molecular flexibility index (Phi) is 7.39. The van der Waals surface area contributed by atoms with Gasteiger partial charge in [0.1, 0.15) is 0 Å². The molecule has 0 aliphatic carbocycles. The van der Waals surface area contributed by atoms with Crippen LogP contribution in [0.5, 0.6) is 11.5 Å². The van der Waals surface area contributed by atoms with E-state index in [-0.39, 0.29) is 24.4 Å². The predicted molar refractivity (Wildman–Crippen MR) is 94.1 cm³/mol. The van der Waals surface area contributed by atoms with Crippen LogP contribution in [-0.4, -0.2) is 50.7 Å². The number of methoxy groups -OCH3 is 2. The van der Waals surface area contributed by atoms with Crippen LogP contribution in [0.15, 0.2) is 24.8 Å². The maximum atomic E-state index is 12.8. The Morgan fingerprint density at radius 2 is 2.17 bits per heavy atom. The molecular weight excluding hydrogens is 316 g/mol. The topological polar surface area (TPSA) is 50.8 Å². The maximum Gasteiger partial charge on any atom is 0.254 e. The maximum absolute atomic E-state index is 12.8. The van der Waals surface area contributed by atoms with Crippen LogP contribution < -0.4 is 14.8 Å². The van der Waals surface area contributed by atoms with Crippen LogP contribution in [0.2, 0.25) is 0 Å². The van der Waals surface area contributed by atoms with Crippen molar-refractivity contribution in [1.82, 2.24) is 10.2 Å². The van der Waals surface area contributed by atoms with Crippen molar-refractivity contribution >= 4 is 18.3 Å². The minimum Gasteiger partial charge on any atom is -0.493 e. The number of carbonyl (C=O) groups is 1. The number of rotatable bonds is 5. The molecule has 1 amide bonds. The standard InChI is InChI=1S/C17H24N2O3.ClH/c1-5-6-13-9-14(10-15(21-3)16(13)22-4)17(20)19-8-7-18-11-12(19)2;/h5,9-10,12,18H,1,6-8,11H2,2-4H3;1H. The zero-order valence-electron chi connectivity index (χ0n) is 13.9. The lowest BCUT2D eigenvalue weighted by molar-refractivity contribution is 0.0655. The normalized spacial score (nSPS) is 17.2. The van der Waals surface area contributed by atoms with Crippen molar-refractivity contribution in [1.29, 1.82) is 0 Å². The number of ether oxygens (including phenoxy) is 2. The quantitative estimate of drug-likeness (QED) is 0.836. The highest BCUT2D eigenvalue weighted by molar-refractivity contribution is 5.95. The Bertz CT molecular complexity index is 563. The Labute approximate surface area is 144 Å². The average Bonchev–Trinajstić information content (AvgIpc) is 2.54. The van der Waals surface area contributed by atoms with Crippen LogP contribution in [0, 0.1) is 0 Å². The largest absolute Gasteiger partial charge is 0.493 e. The molecule has 1 aromatic rings. The number of hydrogen-bond donors (Lipinski definition) is 1. The molecule has 1 aliphatic rings. The molecule has 128 valence electrons. The number of nitrogens with zero attached hydrogens (tertiary/aromatic N) is 1. The third-order valence-corrected chi connectivity index (χ3v) is 3.93. The zero-order valence-corrected chi connectivity index (χ0v) is 14.7. The Morgan fingerprint density at radius 1 is 1.43 bits per heavy atom. The van der Waals surface area contributed by atoms with Gasteiger partial charge in [0, 0.05) is 36.8 Å². The van der Waals surface area contributed by atoms with Crippen LogP contribution in [-0.2, 0) is 6.42 Å². The Hall–Kier alpha value is -1.72. The lowest BCUT2D eigenvalue weighted by Gasteiger charge is -2.34. The smallest absolute Gasteiger partial charge is 0.254 e. The fourth-order valence-electron chi connectivity index (χ4n) is 2.78. The molecule has 1 saturated heterocycles. The van der Waals surface area contributed by atoms with E-state index in [1.54, 1.807) is 26.4 Å². The number of nitrogens with one attached hydrogen (secondary N) is 1. The molecule has 1 heterocycles. The molecule has 23 heavy (non-hydrogen) atoms. The molecule has 2 rings (SSSR count). The van der Waals surface area contributed by atoms with E-state index >= 15 is 0 Å². The third kappa shape index (κ3) is 4.18. The molecule has 0 radical (unpaired) electrons. The lowest BCUT2D eigenvalue weighted by Crippen LogP contribution is -2.52. The molecule has 0 aromatic heterocycles. The van der Waals surface area contributed by atoms with E-state index < -0.39 is 0 Å². The Balaban J connectivity index is 0.00000264. The summed E-state index contributed by atoms with van der Waals surface area (Å²) >= 11 is 0. The summed E-state index contributed by atoms with van der Waals surface area (Å²) in [7, 11) is 3.18. The molecule has 1 N–H and O–H groups in total. The number of allylic oxidation sites excluding steroid dienone is 1. The van der Waals surface area contributed by atoms with Gasteiger partial charge in [-0.2, -0.15) is 0 Å². The van der Waals surface area contributed by atoms with Crippen LogP contribution in [0.25, 0.3) is 0 Å². The van der Waals surface area contributed by atoms with Crippen molar-refractivity contribution in [3.05, 3.63) is 35.9 Å². The average molecular weight is 341 g/mol. The third-order valence-electron chi connectivity index (χ3n) is 3.93. The molecule has 1 aliphatic heterocycles. The highest BCUT2D eigenvalue weighted by Gasteiger charge is 2.25. The van der Waals surface area contributed by atoms with E-state index in [4.69, 9.17) is 9.47 Å². The van der Waals surface area contributed by atoms with Gasteiger partial charge in [0.2, 0.25) is 0 Å². The second-order valence-corrected chi connectivity index (χ2v) is 5.42. The molecule has 5 nitrogen and oxygen atoms in total. The summed E-state index contributed by atoms with van der Waals surface area (Å²) < 4.78 is 10.8. The first-order chi connectivity index (χ1) is 10.6. The SMILES string of the molecule is C=CCc1cc(C(=O)N2CCNCC2C)cc(OC)c1OC.Cl. The van der Waals surface area contributed by atoms with Crippen LogP contribution in [0.3, 0.4) is 0 Å². The number of carbonyl (C=O) groups excluding carboxylic acids is 1. The molecular formula is C17H25ClN2O3. The van der Waals surface area contributed by atoms with Crippen molar-refractivity contribution in [2.75, 3.05) is 33.9 Å². The van der Waals surface area contributed by atoms with Crippen molar-refractivity contribution < 1.29 is 14.3 Å². The van der Waals surface area contributed by atoms with Crippen molar-refractivity contribution in [3.8, 4) is 11.5 Å². The van der Waals surface area contributed by atoms with E-state index in [9.17, 15) is 4.79 Å². The molecule has 1 fully saturated rings. The molecule has 0 saturated carbocycles. The monoisotopic (exact) mass is 340 g/mol. The molecule has 0 spiro atoms. The van der Waals surface area contributed by atoms with Gasteiger partial charge >= 0.3 is 0 Å². The zero-order chi connectivity index (χ0) is 16.1. The summed E-state index contributed by atoms with van der Waals surface area (Å²) in [6, 6.07) is 3.81. The van der Waals surface area contributed by atoms with Gasteiger partial charge in [-0.25, -0.2) is 0 Å². The molecule has 0 bridgehead atoms. The van der Waals surface area contributed by atoms with Gasteiger partial charge in [0.25, 0.3) is 5.91 Å². The van der Waals surface area contributed by atoms with E-state index in [2.05, 4.69) is 18.8 Å². The van der Waals surface area contributed by atoms with E-state index in [0.717, 1.165) is 18.7 Å². The summed E-state index contributed by atoms with van der Waals surface area (Å²) in [6.07, 6.45) is 2.41. The van der Waals surface area contributed by atoms with Crippen LogP contribution in [0.4, 0.5) is 0 Å².